The van der Waals surface area contributed by atoms with Gasteiger partial charge >= 0.3 is 0 Å². The molecule has 7 heteroatoms. The summed E-state index contributed by atoms with van der Waals surface area (Å²) >= 11 is 6.22. The van der Waals surface area contributed by atoms with Crippen molar-refractivity contribution in [2.24, 2.45) is 0 Å². The predicted octanol–water partition coefficient (Wildman–Crippen LogP) is 2.33. The molecule has 2 aromatic heterocycles. The molecule has 6 nitrogen and oxygen atoms in total. The first kappa shape index (κ1) is 13.3. The van der Waals surface area contributed by atoms with E-state index in [2.05, 4.69) is 30.0 Å². The van der Waals surface area contributed by atoms with Crippen LogP contribution in [0.3, 0.4) is 0 Å². The second-order valence-corrected chi connectivity index (χ2v) is 5.72. The summed E-state index contributed by atoms with van der Waals surface area (Å²) in [5.41, 5.74) is 2.10. The fourth-order valence-electron chi connectivity index (χ4n) is 2.86. The average molecular weight is 315 g/mol. The minimum absolute atomic E-state index is 0.723. The Morgan fingerprint density at radius 1 is 1.00 bits per heavy atom. The molecule has 4 rings (SSSR count). The summed E-state index contributed by atoms with van der Waals surface area (Å²) in [6.45, 7) is 3.57. The van der Waals surface area contributed by atoms with Crippen molar-refractivity contribution in [3.8, 4) is 0 Å². The van der Waals surface area contributed by atoms with Gasteiger partial charge in [-0.3, -0.25) is 5.10 Å². The van der Waals surface area contributed by atoms with Gasteiger partial charge in [-0.15, -0.1) is 0 Å². The molecule has 1 aliphatic rings. The van der Waals surface area contributed by atoms with E-state index < -0.39 is 0 Å². The van der Waals surface area contributed by atoms with Crippen LogP contribution in [-0.2, 0) is 0 Å². The Balaban J connectivity index is 1.57. The van der Waals surface area contributed by atoms with E-state index in [4.69, 9.17) is 11.6 Å². The first-order chi connectivity index (χ1) is 10.8. The second-order valence-electron chi connectivity index (χ2n) is 5.28. The highest BCUT2D eigenvalue weighted by atomic mass is 35.5. The van der Waals surface area contributed by atoms with E-state index in [0.717, 1.165) is 53.7 Å². The molecule has 0 unspecified atom stereocenters. The van der Waals surface area contributed by atoms with Gasteiger partial charge in [0.05, 0.1) is 11.7 Å². The van der Waals surface area contributed by atoms with Crippen LogP contribution < -0.4 is 9.80 Å². The summed E-state index contributed by atoms with van der Waals surface area (Å²) < 4.78 is 0. The van der Waals surface area contributed by atoms with Gasteiger partial charge in [-0.1, -0.05) is 11.6 Å². The van der Waals surface area contributed by atoms with Gasteiger partial charge in [0.2, 0.25) is 5.95 Å². The fraction of sp³-hybridized carbons (Fsp3) is 0.267. The molecular formula is C15H15ClN6. The molecular weight excluding hydrogens is 300 g/mol. The van der Waals surface area contributed by atoms with Gasteiger partial charge in [-0.05, 0) is 18.2 Å². The number of aromatic nitrogens is 4. The topological polar surface area (TPSA) is 60.9 Å². The van der Waals surface area contributed by atoms with E-state index in [1.165, 1.54) is 0 Å². The van der Waals surface area contributed by atoms with Crippen LogP contribution in [0.1, 0.15) is 0 Å². The zero-order valence-electron chi connectivity index (χ0n) is 11.9. The molecule has 3 aromatic rings. The number of nitrogens with zero attached hydrogens (tertiary/aromatic N) is 5. The Labute approximate surface area is 132 Å². The highest BCUT2D eigenvalue weighted by Crippen LogP contribution is 2.30. The zero-order chi connectivity index (χ0) is 14.9. The number of hydrogen-bond acceptors (Lipinski definition) is 5. The number of benzene rings is 1. The highest BCUT2D eigenvalue weighted by Gasteiger charge is 2.21. The monoisotopic (exact) mass is 314 g/mol. The third-order valence-electron chi connectivity index (χ3n) is 3.96. The SMILES string of the molecule is Clc1cc(N2CCN(c3ncccn3)CC2)c2cn[nH]c2c1. The molecule has 0 atom stereocenters. The van der Waals surface area contributed by atoms with Crippen molar-refractivity contribution in [2.75, 3.05) is 36.0 Å². The molecule has 22 heavy (non-hydrogen) atoms. The average Bonchev–Trinajstić information content (AvgIpc) is 3.03. The van der Waals surface area contributed by atoms with Crippen molar-refractivity contribution in [3.63, 3.8) is 0 Å². The number of piperazine rings is 1. The molecule has 0 radical (unpaired) electrons. The molecule has 1 N–H and O–H groups in total. The van der Waals surface area contributed by atoms with Crippen LogP contribution in [0.2, 0.25) is 5.02 Å². The number of anilines is 2. The Morgan fingerprint density at radius 3 is 2.50 bits per heavy atom. The van der Waals surface area contributed by atoms with Gasteiger partial charge < -0.3 is 9.80 Å². The van der Waals surface area contributed by atoms with E-state index in [1.807, 2.05) is 24.4 Å². The number of rotatable bonds is 2. The summed E-state index contributed by atoms with van der Waals surface area (Å²) in [6, 6.07) is 5.75. The molecule has 0 amide bonds. The number of H-pyrrole nitrogens is 1. The van der Waals surface area contributed by atoms with E-state index in [1.54, 1.807) is 12.4 Å². The van der Waals surface area contributed by atoms with E-state index in [-0.39, 0.29) is 0 Å². The standard InChI is InChI=1S/C15H15ClN6/c16-11-8-13-12(10-19-20-13)14(9-11)21-4-6-22(7-5-21)15-17-2-1-3-18-15/h1-3,8-10H,4-7H2,(H,19,20). The Bertz CT molecular complexity index is 779. The van der Waals surface area contributed by atoms with E-state index in [0.29, 0.717) is 0 Å². The number of aromatic amines is 1. The minimum Gasteiger partial charge on any atom is -0.367 e. The zero-order valence-corrected chi connectivity index (χ0v) is 12.7. The molecule has 0 bridgehead atoms. The van der Waals surface area contributed by atoms with Crippen molar-refractivity contribution in [2.45, 2.75) is 0 Å². The predicted molar refractivity (Wildman–Crippen MR) is 87.6 cm³/mol. The second kappa shape index (κ2) is 5.46. The summed E-state index contributed by atoms with van der Waals surface area (Å²) in [6.07, 6.45) is 5.41. The van der Waals surface area contributed by atoms with Crippen LogP contribution in [0, 0.1) is 0 Å². The van der Waals surface area contributed by atoms with Crippen LogP contribution in [0.25, 0.3) is 10.9 Å². The first-order valence-corrected chi connectivity index (χ1v) is 7.58. The number of hydrogen-bond donors (Lipinski definition) is 1. The van der Waals surface area contributed by atoms with Crippen LogP contribution in [0.15, 0.2) is 36.8 Å². The smallest absolute Gasteiger partial charge is 0.225 e. The quantitative estimate of drug-likeness (QED) is 0.786. The Kier molecular flexibility index (Phi) is 3.31. The van der Waals surface area contributed by atoms with Gasteiger partial charge in [0, 0.05) is 54.7 Å². The summed E-state index contributed by atoms with van der Waals surface area (Å²) in [7, 11) is 0. The molecule has 0 saturated carbocycles. The largest absolute Gasteiger partial charge is 0.367 e. The van der Waals surface area contributed by atoms with Gasteiger partial charge in [0.1, 0.15) is 0 Å². The Hall–Kier alpha value is -2.34. The third-order valence-corrected chi connectivity index (χ3v) is 4.18. The maximum absolute atomic E-state index is 6.22. The van der Waals surface area contributed by atoms with Gasteiger partial charge in [-0.2, -0.15) is 5.10 Å². The van der Waals surface area contributed by atoms with Crippen LogP contribution in [0.5, 0.6) is 0 Å². The number of halogens is 1. The third kappa shape index (κ3) is 2.35. The fourth-order valence-corrected chi connectivity index (χ4v) is 3.07. The first-order valence-electron chi connectivity index (χ1n) is 7.21. The summed E-state index contributed by atoms with van der Waals surface area (Å²) in [5, 5.41) is 8.93. The maximum Gasteiger partial charge on any atom is 0.225 e. The summed E-state index contributed by atoms with van der Waals surface area (Å²) in [4.78, 5) is 13.2. The lowest BCUT2D eigenvalue weighted by atomic mass is 10.2. The van der Waals surface area contributed by atoms with Crippen LogP contribution in [-0.4, -0.2) is 46.3 Å². The van der Waals surface area contributed by atoms with Crippen molar-refractivity contribution < 1.29 is 0 Å². The molecule has 0 aliphatic carbocycles. The van der Waals surface area contributed by atoms with Gasteiger partial charge in [0.25, 0.3) is 0 Å². The highest BCUT2D eigenvalue weighted by molar-refractivity contribution is 6.31. The molecule has 1 aromatic carbocycles. The van der Waals surface area contributed by atoms with Crippen molar-refractivity contribution >= 4 is 34.1 Å². The lowest BCUT2D eigenvalue weighted by Crippen LogP contribution is -2.47. The molecule has 1 fully saturated rings. The lowest BCUT2D eigenvalue weighted by Gasteiger charge is -2.36. The molecule has 1 aliphatic heterocycles. The number of nitrogens with one attached hydrogen (secondary N) is 1. The minimum atomic E-state index is 0.723. The molecule has 0 spiro atoms. The number of fused-ring (bicyclic) bond motifs is 1. The molecule has 1 saturated heterocycles. The van der Waals surface area contributed by atoms with E-state index >= 15 is 0 Å². The van der Waals surface area contributed by atoms with Crippen LogP contribution in [0.4, 0.5) is 11.6 Å². The molecule has 112 valence electrons. The van der Waals surface area contributed by atoms with Crippen molar-refractivity contribution in [3.05, 3.63) is 41.8 Å². The van der Waals surface area contributed by atoms with Crippen molar-refractivity contribution in [1.82, 2.24) is 20.2 Å². The Morgan fingerprint density at radius 2 is 1.73 bits per heavy atom. The molecule has 3 heterocycles. The normalized spacial score (nSPS) is 15.5. The van der Waals surface area contributed by atoms with E-state index in [9.17, 15) is 0 Å². The van der Waals surface area contributed by atoms with Crippen molar-refractivity contribution in [1.29, 1.82) is 0 Å². The summed E-state index contributed by atoms with van der Waals surface area (Å²) in [5.74, 6) is 0.793. The van der Waals surface area contributed by atoms with Crippen LogP contribution >= 0.6 is 11.6 Å². The van der Waals surface area contributed by atoms with Gasteiger partial charge in [-0.25, -0.2) is 9.97 Å². The van der Waals surface area contributed by atoms with Gasteiger partial charge in [0.15, 0.2) is 0 Å². The lowest BCUT2D eigenvalue weighted by molar-refractivity contribution is 0.641. The maximum atomic E-state index is 6.22.